The number of hydrogen-bond donors (Lipinski definition) is 0. The number of carbonyl (C=O) groups excluding carboxylic acids is 1. The first-order valence-electron chi connectivity index (χ1n) is 8.69. The number of benzene rings is 1. The van der Waals surface area contributed by atoms with E-state index in [-0.39, 0.29) is 18.4 Å². The van der Waals surface area contributed by atoms with Gasteiger partial charge in [0.05, 0.1) is 18.0 Å². The maximum atomic E-state index is 12.8. The number of alkyl halides is 3. The topological polar surface area (TPSA) is 50.5 Å². The van der Waals surface area contributed by atoms with Gasteiger partial charge in [-0.15, -0.1) is 10.2 Å². The van der Waals surface area contributed by atoms with Gasteiger partial charge in [-0.05, 0) is 42.7 Å². The van der Waals surface area contributed by atoms with E-state index in [1.54, 1.807) is 4.90 Å². The number of likely N-dealkylation sites (tertiary alicyclic amines) is 1. The smallest absolute Gasteiger partial charge is 0.332 e. The molecule has 4 rings (SSSR count). The number of hydrogen-bond acceptors (Lipinski definition) is 3. The van der Waals surface area contributed by atoms with Crippen molar-refractivity contribution >= 4 is 11.6 Å². The Balaban J connectivity index is 1.53. The van der Waals surface area contributed by atoms with Crippen LogP contribution in [0.15, 0.2) is 48.7 Å². The Hall–Kier alpha value is -2.90. The monoisotopic (exact) mass is 374 g/mol. The second-order valence-corrected chi connectivity index (χ2v) is 6.60. The molecule has 1 aliphatic rings. The third-order valence-corrected chi connectivity index (χ3v) is 4.85. The number of nitrogens with zero attached hydrogens (tertiary/aromatic N) is 4. The van der Waals surface area contributed by atoms with Gasteiger partial charge >= 0.3 is 6.18 Å². The van der Waals surface area contributed by atoms with Gasteiger partial charge in [0.15, 0.2) is 11.5 Å². The number of fused-ring (bicyclic) bond motifs is 1. The zero-order chi connectivity index (χ0) is 19.0. The van der Waals surface area contributed by atoms with E-state index in [1.165, 1.54) is 12.1 Å². The molecule has 1 saturated heterocycles. The number of halogens is 3. The predicted octanol–water partition coefficient (Wildman–Crippen LogP) is 3.65. The Morgan fingerprint density at radius 3 is 2.63 bits per heavy atom. The van der Waals surface area contributed by atoms with Crippen molar-refractivity contribution in [2.24, 2.45) is 0 Å². The summed E-state index contributed by atoms with van der Waals surface area (Å²) in [5, 5.41) is 8.39. The molecule has 27 heavy (non-hydrogen) atoms. The molecule has 1 amide bonds. The van der Waals surface area contributed by atoms with Crippen LogP contribution >= 0.6 is 0 Å². The molecule has 2 aromatic heterocycles. The summed E-state index contributed by atoms with van der Waals surface area (Å²) < 4.78 is 39.9. The molecule has 0 unspecified atom stereocenters. The van der Waals surface area contributed by atoms with Gasteiger partial charge in [-0.3, -0.25) is 9.20 Å². The summed E-state index contributed by atoms with van der Waals surface area (Å²) in [5.41, 5.74) is 0.562. The molecular weight excluding hydrogens is 357 g/mol. The van der Waals surface area contributed by atoms with Gasteiger partial charge in [0.25, 0.3) is 0 Å². The molecule has 140 valence electrons. The first-order valence-corrected chi connectivity index (χ1v) is 8.69. The molecular formula is C19H17F3N4O. The van der Waals surface area contributed by atoms with Crippen LogP contribution in [0.3, 0.4) is 0 Å². The SMILES string of the molecule is O=C(Cc1ccc(C(F)(F)F)cc1)N1CCC[C@@H]1c1nnc2ccccn12. The molecule has 0 aliphatic carbocycles. The summed E-state index contributed by atoms with van der Waals surface area (Å²) in [4.78, 5) is 14.5. The minimum absolute atomic E-state index is 0.0609. The van der Waals surface area contributed by atoms with E-state index in [1.807, 2.05) is 28.8 Å². The fourth-order valence-corrected chi connectivity index (χ4v) is 3.51. The predicted molar refractivity (Wildman–Crippen MR) is 91.8 cm³/mol. The number of aromatic nitrogens is 3. The fourth-order valence-electron chi connectivity index (χ4n) is 3.51. The van der Waals surface area contributed by atoms with Gasteiger partial charge in [-0.2, -0.15) is 13.2 Å². The van der Waals surface area contributed by atoms with Gasteiger partial charge in [-0.1, -0.05) is 18.2 Å². The molecule has 0 spiro atoms. The normalized spacial score (nSPS) is 17.6. The molecule has 0 saturated carbocycles. The minimum atomic E-state index is -4.38. The summed E-state index contributed by atoms with van der Waals surface area (Å²) in [7, 11) is 0. The molecule has 0 radical (unpaired) electrons. The molecule has 3 aromatic rings. The van der Waals surface area contributed by atoms with Gasteiger partial charge in [0, 0.05) is 12.7 Å². The van der Waals surface area contributed by atoms with Crippen LogP contribution < -0.4 is 0 Å². The van der Waals surface area contributed by atoms with Gasteiger partial charge < -0.3 is 4.90 Å². The van der Waals surface area contributed by atoms with E-state index in [0.29, 0.717) is 17.9 Å². The third-order valence-electron chi connectivity index (χ3n) is 4.85. The lowest BCUT2D eigenvalue weighted by atomic mass is 10.1. The molecule has 8 heteroatoms. The number of rotatable bonds is 3. The van der Waals surface area contributed by atoms with Crippen molar-refractivity contribution in [3.8, 4) is 0 Å². The Morgan fingerprint density at radius 1 is 1.11 bits per heavy atom. The summed E-state index contributed by atoms with van der Waals surface area (Å²) in [6.07, 6.45) is -0.816. The van der Waals surface area contributed by atoms with Crippen LogP contribution in [-0.2, 0) is 17.4 Å². The van der Waals surface area contributed by atoms with Crippen LogP contribution in [0.1, 0.15) is 35.8 Å². The van der Waals surface area contributed by atoms with E-state index in [2.05, 4.69) is 10.2 Å². The molecule has 1 aromatic carbocycles. The van der Waals surface area contributed by atoms with Crippen LogP contribution in [0.4, 0.5) is 13.2 Å². The Bertz CT molecular complexity index is 965. The Morgan fingerprint density at radius 2 is 1.89 bits per heavy atom. The lowest BCUT2D eigenvalue weighted by Gasteiger charge is -2.23. The number of amides is 1. The van der Waals surface area contributed by atoms with Crippen LogP contribution in [-0.4, -0.2) is 31.9 Å². The van der Waals surface area contributed by atoms with Crippen molar-refractivity contribution in [2.45, 2.75) is 31.5 Å². The van der Waals surface area contributed by atoms with Crippen molar-refractivity contribution < 1.29 is 18.0 Å². The lowest BCUT2D eigenvalue weighted by Crippen LogP contribution is -2.32. The maximum absolute atomic E-state index is 12.8. The maximum Gasteiger partial charge on any atom is 0.416 e. The van der Waals surface area contributed by atoms with Gasteiger partial charge in [-0.25, -0.2) is 0 Å². The van der Waals surface area contributed by atoms with Crippen molar-refractivity contribution in [3.63, 3.8) is 0 Å². The second kappa shape index (κ2) is 6.68. The zero-order valence-corrected chi connectivity index (χ0v) is 14.4. The molecule has 1 atom stereocenters. The molecule has 0 N–H and O–H groups in total. The van der Waals surface area contributed by atoms with E-state index in [9.17, 15) is 18.0 Å². The molecule has 3 heterocycles. The van der Waals surface area contributed by atoms with Crippen LogP contribution in [0.2, 0.25) is 0 Å². The average Bonchev–Trinajstić information content (AvgIpc) is 3.28. The first kappa shape index (κ1) is 17.5. The van der Waals surface area contributed by atoms with Crippen LogP contribution in [0.5, 0.6) is 0 Å². The van der Waals surface area contributed by atoms with E-state index < -0.39 is 11.7 Å². The van der Waals surface area contributed by atoms with E-state index in [0.717, 1.165) is 30.6 Å². The molecule has 1 aliphatic heterocycles. The summed E-state index contributed by atoms with van der Waals surface area (Å²) in [5.74, 6) is 0.591. The number of carbonyl (C=O) groups is 1. The van der Waals surface area contributed by atoms with Gasteiger partial charge in [0.1, 0.15) is 0 Å². The van der Waals surface area contributed by atoms with Crippen molar-refractivity contribution in [2.75, 3.05) is 6.54 Å². The van der Waals surface area contributed by atoms with Crippen molar-refractivity contribution in [1.82, 2.24) is 19.5 Å². The summed E-state index contributed by atoms with van der Waals surface area (Å²) in [6.45, 7) is 0.603. The van der Waals surface area contributed by atoms with Crippen LogP contribution in [0.25, 0.3) is 5.65 Å². The van der Waals surface area contributed by atoms with Crippen LogP contribution in [0, 0.1) is 0 Å². The summed E-state index contributed by atoms with van der Waals surface area (Å²) in [6, 6.07) is 10.2. The zero-order valence-electron chi connectivity index (χ0n) is 14.4. The van der Waals surface area contributed by atoms with Crippen molar-refractivity contribution in [1.29, 1.82) is 0 Å². The second-order valence-electron chi connectivity index (χ2n) is 6.60. The highest BCUT2D eigenvalue weighted by Crippen LogP contribution is 2.32. The highest BCUT2D eigenvalue weighted by Gasteiger charge is 2.33. The van der Waals surface area contributed by atoms with Crippen molar-refractivity contribution in [3.05, 3.63) is 65.6 Å². The largest absolute Gasteiger partial charge is 0.416 e. The molecule has 1 fully saturated rings. The van der Waals surface area contributed by atoms with Gasteiger partial charge in [0.2, 0.25) is 5.91 Å². The molecule has 5 nitrogen and oxygen atoms in total. The first-order chi connectivity index (χ1) is 12.9. The van der Waals surface area contributed by atoms with E-state index >= 15 is 0 Å². The highest BCUT2D eigenvalue weighted by atomic mass is 19.4. The minimum Gasteiger partial charge on any atom is -0.332 e. The fraction of sp³-hybridized carbons (Fsp3) is 0.316. The third kappa shape index (κ3) is 3.39. The lowest BCUT2D eigenvalue weighted by molar-refractivity contribution is -0.137. The van der Waals surface area contributed by atoms with E-state index in [4.69, 9.17) is 0 Å². The Labute approximate surface area is 153 Å². The highest BCUT2D eigenvalue weighted by molar-refractivity contribution is 5.79. The standard InChI is InChI=1S/C19H17F3N4O/c20-19(21,22)14-8-6-13(7-9-14)12-17(27)25-11-3-4-15(25)18-24-23-16-5-1-2-10-26(16)18/h1-2,5-10,15H,3-4,11-12H2/t15-/m1/s1. The molecule has 0 bridgehead atoms. The summed E-state index contributed by atoms with van der Waals surface area (Å²) >= 11 is 0. The quantitative estimate of drug-likeness (QED) is 0.703. The number of pyridine rings is 1. The Kier molecular flexibility index (Phi) is 4.33. The average molecular weight is 374 g/mol.